The molecular weight excluding hydrogens is 431 g/mol. The number of halogens is 1. The van der Waals surface area contributed by atoms with Crippen LogP contribution in [0.1, 0.15) is 24.9 Å². The summed E-state index contributed by atoms with van der Waals surface area (Å²) in [6.07, 6.45) is 1.97. The van der Waals surface area contributed by atoms with Crippen LogP contribution in [0.5, 0.6) is 0 Å². The van der Waals surface area contributed by atoms with Crippen molar-refractivity contribution in [2.75, 3.05) is 32.7 Å². The van der Waals surface area contributed by atoms with Crippen LogP contribution in [0.4, 0.5) is 4.39 Å². The monoisotopic (exact) mass is 456 g/mol. The van der Waals surface area contributed by atoms with Crippen molar-refractivity contribution < 1.29 is 17.6 Å². The highest BCUT2D eigenvalue weighted by atomic mass is 32.2. The first-order valence-electron chi connectivity index (χ1n) is 10.8. The number of aromatic amines is 1. The number of aromatic nitrogens is 1. The summed E-state index contributed by atoms with van der Waals surface area (Å²) < 4.78 is 41.3. The summed E-state index contributed by atoms with van der Waals surface area (Å²) in [5.41, 5.74) is 3.16. The van der Waals surface area contributed by atoms with Crippen LogP contribution in [0.3, 0.4) is 0 Å². The molecule has 1 unspecified atom stereocenters. The first-order chi connectivity index (χ1) is 15.4. The molecule has 0 spiro atoms. The lowest BCUT2D eigenvalue weighted by Gasteiger charge is -2.28. The topological polar surface area (TPSA) is 85.5 Å². The van der Waals surface area contributed by atoms with E-state index in [2.05, 4.69) is 10.3 Å². The summed E-state index contributed by atoms with van der Waals surface area (Å²) in [6.45, 7) is 4.84. The van der Waals surface area contributed by atoms with Gasteiger partial charge >= 0.3 is 0 Å². The smallest absolute Gasteiger partial charge is 0.243 e. The van der Waals surface area contributed by atoms with Crippen molar-refractivity contribution in [1.29, 1.82) is 0 Å². The van der Waals surface area contributed by atoms with Crippen LogP contribution in [0, 0.1) is 5.82 Å². The van der Waals surface area contributed by atoms with Crippen LogP contribution in [0.25, 0.3) is 22.0 Å². The van der Waals surface area contributed by atoms with Gasteiger partial charge in [0.25, 0.3) is 0 Å². The summed E-state index contributed by atoms with van der Waals surface area (Å²) >= 11 is 0. The molecule has 1 aromatic heterocycles. The molecule has 7 nitrogen and oxygen atoms in total. The molecule has 2 N–H and O–H groups in total. The van der Waals surface area contributed by atoms with E-state index in [1.807, 2.05) is 19.2 Å². The van der Waals surface area contributed by atoms with E-state index in [1.54, 1.807) is 23.1 Å². The summed E-state index contributed by atoms with van der Waals surface area (Å²) in [6, 6.07) is 9.52. The molecule has 1 amide bonds. The van der Waals surface area contributed by atoms with Crippen LogP contribution < -0.4 is 5.32 Å². The standard InChI is InChI=1S/C23H25FN4O3S/c1-15-19-12-16(20-14-26-21-13-17(24)3-4-18(20)21)2-5-22(19)32(30,31)28(15)9-6-23(29)27-10-7-25-8-11-27/h2-5,12-15,25-26H,6-11H2,1H3. The predicted octanol–water partition coefficient (Wildman–Crippen LogP) is 2.86. The molecule has 2 aliphatic rings. The summed E-state index contributed by atoms with van der Waals surface area (Å²) in [5.74, 6) is -0.331. The molecule has 2 aromatic carbocycles. The largest absolute Gasteiger partial charge is 0.360 e. The molecule has 1 atom stereocenters. The Morgan fingerprint density at radius 1 is 1.16 bits per heavy atom. The summed E-state index contributed by atoms with van der Waals surface area (Å²) in [7, 11) is -3.66. The average molecular weight is 457 g/mol. The highest BCUT2D eigenvalue weighted by Crippen LogP contribution is 2.42. The minimum atomic E-state index is -3.66. The van der Waals surface area contributed by atoms with Gasteiger partial charge < -0.3 is 15.2 Å². The number of fused-ring (bicyclic) bond motifs is 2. The van der Waals surface area contributed by atoms with Gasteiger partial charge in [0.1, 0.15) is 5.82 Å². The van der Waals surface area contributed by atoms with Crippen LogP contribution >= 0.6 is 0 Å². The fourth-order valence-corrected chi connectivity index (χ4v) is 6.58. The summed E-state index contributed by atoms with van der Waals surface area (Å²) in [4.78, 5) is 17.7. The fourth-order valence-electron chi connectivity index (χ4n) is 4.70. The number of sulfonamides is 1. The Kier molecular flexibility index (Phi) is 5.27. The molecule has 32 heavy (non-hydrogen) atoms. The number of carbonyl (C=O) groups excluding carboxylic acids is 1. The van der Waals surface area contributed by atoms with E-state index in [4.69, 9.17) is 0 Å². The van der Waals surface area contributed by atoms with Crippen LogP contribution in [-0.4, -0.2) is 61.2 Å². The normalized spacial score (nSPS) is 20.6. The number of rotatable bonds is 4. The Morgan fingerprint density at radius 2 is 1.94 bits per heavy atom. The quantitative estimate of drug-likeness (QED) is 0.632. The summed E-state index contributed by atoms with van der Waals surface area (Å²) in [5, 5.41) is 4.08. The van der Waals surface area contributed by atoms with E-state index in [9.17, 15) is 17.6 Å². The van der Waals surface area contributed by atoms with Crippen molar-refractivity contribution in [2.45, 2.75) is 24.3 Å². The minimum absolute atomic E-state index is 0.0171. The van der Waals surface area contributed by atoms with Crippen LogP contribution in [-0.2, 0) is 14.8 Å². The predicted molar refractivity (Wildman–Crippen MR) is 120 cm³/mol. The number of hydrogen-bond acceptors (Lipinski definition) is 4. The van der Waals surface area contributed by atoms with Gasteiger partial charge in [-0.25, -0.2) is 12.8 Å². The maximum absolute atomic E-state index is 13.5. The lowest BCUT2D eigenvalue weighted by atomic mass is 9.99. The van der Waals surface area contributed by atoms with Crippen molar-refractivity contribution in [3.63, 3.8) is 0 Å². The Bertz CT molecular complexity index is 1300. The van der Waals surface area contributed by atoms with Crippen LogP contribution in [0.15, 0.2) is 47.5 Å². The second-order valence-electron chi connectivity index (χ2n) is 8.32. The molecule has 0 bridgehead atoms. The van der Waals surface area contributed by atoms with E-state index in [0.29, 0.717) is 24.2 Å². The molecule has 3 heterocycles. The van der Waals surface area contributed by atoms with E-state index in [-0.39, 0.29) is 35.6 Å². The number of benzene rings is 2. The minimum Gasteiger partial charge on any atom is -0.360 e. The lowest BCUT2D eigenvalue weighted by molar-refractivity contribution is -0.131. The molecule has 0 radical (unpaired) electrons. The van der Waals surface area contributed by atoms with Gasteiger partial charge in [-0.2, -0.15) is 4.31 Å². The zero-order valence-corrected chi connectivity index (χ0v) is 18.6. The van der Waals surface area contributed by atoms with Crippen molar-refractivity contribution >= 4 is 26.8 Å². The van der Waals surface area contributed by atoms with Gasteiger partial charge in [-0.15, -0.1) is 0 Å². The van der Waals surface area contributed by atoms with Gasteiger partial charge in [-0.05, 0) is 48.4 Å². The first-order valence-corrected chi connectivity index (χ1v) is 12.2. The van der Waals surface area contributed by atoms with Crippen LogP contribution in [0.2, 0.25) is 0 Å². The zero-order chi connectivity index (χ0) is 22.5. The number of nitrogens with zero attached hydrogens (tertiary/aromatic N) is 2. The molecule has 5 rings (SSSR count). The maximum Gasteiger partial charge on any atom is 0.243 e. The lowest BCUT2D eigenvalue weighted by Crippen LogP contribution is -2.47. The average Bonchev–Trinajstić information content (AvgIpc) is 3.29. The molecule has 0 saturated carbocycles. The molecule has 9 heteroatoms. The second-order valence-corrected chi connectivity index (χ2v) is 10.2. The number of hydrogen-bond donors (Lipinski definition) is 2. The van der Waals surface area contributed by atoms with Gasteiger partial charge in [0.2, 0.25) is 15.9 Å². The van der Waals surface area contributed by atoms with Crippen molar-refractivity contribution in [1.82, 2.24) is 19.5 Å². The SMILES string of the molecule is CC1c2cc(-c3c[nH]c4cc(F)ccc34)ccc2S(=O)(=O)N1CCC(=O)N1CCNCC1. The Hall–Kier alpha value is -2.75. The molecule has 0 aliphatic carbocycles. The fraction of sp³-hybridized carbons (Fsp3) is 0.348. The molecular formula is C23H25FN4O3S. The molecule has 1 saturated heterocycles. The van der Waals surface area contributed by atoms with Crippen molar-refractivity contribution in [3.05, 3.63) is 54.0 Å². The highest BCUT2D eigenvalue weighted by molar-refractivity contribution is 7.89. The number of piperazine rings is 1. The van der Waals surface area contributed by atoms with Crippen molar-refractivity contribution in [2.24, 2.45) is 0 Å². The van der Waals surface area contributed by atoms with E-state index >= 15 is 0 Å². The Balaban J connectivity index is 1.41. The van der Waals surface area contributed by atoms with Gasteiger partial charge in [0.15, 0.2) is 0 Å². The van der Waals surface area contributed by atoms with Gasteiger partial charge in [0.05, 0.1) is 4.90 Å². The Labute approximate surface area is 186 Å². The van der Waals surface area contributed by atoms with Gasteiger partial charge in [-0.1, -0.05) is 6.07 Å². The maximum atomic E-state index is 13.5. The third kappa shape index (κ3) is 3.50. The third-order valence-electron chi connectivity index (χ3n) is 6.45. The van der Waals surface area contributed by atoms with Crippen molar-refractivity contribution in [3.8, 4) is 11.1 Å². The molecule has 1 fully saturated rings. The van der Waals surface area contributed by atoms with E-state index in [0.717, 1.165) is 29.6 Å². The second kappa shape index (κ2) is 7.99. The molecule has 168 valence electrons. The third-order valence-corrected chi connectivity index (χ3v) is 8.49. The highest BCUT2D eigenvalue weighted by Gasteiger charge is 2.40. The number of H-pyrrole nitrogens is 1. The number of amides is 1. The zero-order valence-electron chi connectivity index (χ0n) is 17.8. The number of nitrogens with one attached hydrogen (secondary N) is 2. The van der Waals surface area contributed by atoms with Gasteiger partial charge in [0, 0.05) is 67.8 Å². The molecule has 2 aliphatic heterocycles. The van der Waals surface area contributed by atoms with E-state index < -0.39 is 10.0 Å². The molecule has 3 aromatic rings. The number of carbonyl (C=O) groups is 1. The van der Waals surface area contributed by atoms with E-state index in [1.165, 1.54) is 16.4 Å². The Morgan fingerprint density at radius 3 is 2.72 bits per heavy atom. The van der Waals surface area contributed by atoms with Gasteiger partial charge in [-0.3, -0.25) is 4.79 Å². The first kappa shape index (κ1) is 21.1.